The minimum absolute atomic E-state index is 0.483. The van der Waals surface area contributed by atoms with Crippen molar-refractivity contribution in [3.63, 3.8) is 0 Å². The van der Waals surface area contributed by atoms with Crippen molar-refractivity contribution >= 4 is 7.98 Å². The van der Waals surface area contributed by atoms with Gasteiger partial charge in [0.2, 0.25) is 0 Å². The summed E-state index contributed by atoms with van der Waals surface area (Å²) in [6.07, 6.45) is 4.92. The molecule has 0 saturated carbocycles. The van der Waals surface area contributed by atoms with Crippen molar-refractivity contribution in [2.45, 2.75) is 6.42 Å². The first-order chi connectivity index (χ1) is 3.71. The zero-order valence-electron chi connectivity index (χ0n) is 5.09. The van der Waals surface area contributed by atoms with E-state index in [0.717, 1.165) is 13.0 Å². The molecule has 1 unspecified atom stereocenters. The van der Waals surface area contributed by atoms with Gasteiger partial charge in [-0.15, -0.1) is 0 Å². The van der Waals surface area contributed by atoms with Crippen molar-refractivity contribution in [1.82, 2.24) is 0 Å². The molecule has 0 aromatic rings. The van der Waals surface area contributed by atoms with Crippen LogP contribution in [0.25, 0.3) is 0 Å². The molecule has 1 nitrogen and oxygen atoms in total. The molecular formula is C6H9BN. The van der Waals surface area contributed by atoms with Gasteiger partial charge in [0.05, 0.1) is 6.20 Å². The van der Waals surface area contributed by atoms with E-state index in [2.05, 4.69) is 5.73 Å². The van der Waals surface area contributed by atoms with Gasteiger partial charge in [0.1, 0.15) is 0 Å². The normalized spacial score (nSPS) is 35.8. The third-order valence-corrected chi connectivity index (χ3v) is 1.24. The molecule has 0 spiro atoms. The number of rotatable bonds is 0. The fraction of sp³-hybridized carbons (Fsp3) is 0.500. The first-order valence-electron chi connectivity index (χ1n) is 2.77. The van der Waals surface area contributed by atoms with E-state index in [9.17, 15) is 0 Å². The molecule has 3 radical (unpaired) electrons. The molecule has 0 amide bonds. The first-order valence-corrected chi connectivity index (χ1v) is 2.77. The highest BCUT2D eigenvalue weighted by Crippen LogP contribution is 2.02. The first kappa shape index (κ1) is 5.68. The van der Waals surface area contributed by atoms with E-state index < -0.39 is 0 Å². The lowest BCUT2D eigenvalue weighted by molar-refractivity contribution is -0.739. The Morgan fingerprint density at radius 3 is 2.75 bits per heavy atom. The van der Waals surface area contributed by atoms with Gasteiger partial charge in [-0.1, -0.05) is 5.73 Å². The monoisotopic (exact) mass is 106 g/mol. The molecule has 1 aliphatic heterocycles. The molecule has 8 heavy (non-hydrogen) atoms. The number of quaternary nitrogens is 1. The van der Waals surface area contributed by atoms with Crippen molar-refractivity contribution in [3.05, 3.63) is 18.0 Å². The predicted octanol–water partition coefficient (Wildman–Crippen LogP) is 0.589. The molecule has 0 saturated heterocycles. The lowest BCUT2D eigenvalue weighted by Crippen LogP contribution is -2.36. The molecule has 2 heteroatoms. The second-order valence-electron chi connectivity index (χ2n) is 2.36. The second-order valence-corrected chi connectivity index (χ2v) is 2.36. The van der Waals surface area contributed by atoms with Gasteiger partial charge in [-0.2, -0.15) is 0 Å². The molecule has 0 bridgehead atoms. The summed E-state index contributed by atoms with van der Waals surface area (Å²) in [7, 11) is 7.64. The molecule has 1 rings (SSSR count). The van der Waals surface area contributed by atoms with E-state index in [1.54, 1.807) is 0 Å². The van der Waals surface area contributed by atoms with Crippen LogP contribution in [0.5, 0.6) is 0 Å². The summed E-state index contributed by atoms with van der Waals surface area (Å²) in [5, 5.41) is 0. The Morgan fingerprint density at radius 1 is 1.75 bits per heavy atom. The standard InChI is InChI=1S/C6H9BN/c1-8(7)5-3-2-4-6-8/h2,6H,3,5H2,1H3. The summed E-state index contributed by atoms with van der Waals surface area (Å²) in [4.78, 5) is 0. The molecule has 1 atom stereocenters. The van der Waals surface area contributed by atoms with Crippen LogP contribution in [0.2, 0.25) is 0 Å². The van der Waals surface area contributed by atoms with Crippen LogP contribution in [0.3, 0.4) is 0 Å². The summed E-state index contributed by atoms with van der Waals surface area (Å²) in [6.45, 7) is 0.993. The quantitative estimate of drug-likeness (QED) is 0.313. The summed E-state index contributed by atoms with van der Waals surface area (Å²) < 4.78 is 0.483. The van der Waals surface area contributed by atoms with Gasteiger partial charge in [0, 0.05) is 20.0 Å². The summed E-state index contributed by atoms with van der Waals surface area (Å²) in [6, 6.07) is 0. The Labute approximate surface area is 51.3 Å². The van der Waals surface area contributed by atoms with Crippen molar-refractivity contribution in [2.75, 3.05) is 13.6 Å². The molecule has 0 N–H and O–H groups in total. The van der Waals surface area contributed by atoms with Crippen molar-refractivity contribution in [1.29, 1.82) is 0 Å². The maximum absolute atomic E-state index is 5.68. The fourth-order valence-corrected chi connectivity index (χ4v) is 0.714. The average molecular weight is 106 g/mol. The Hall–Kier alpha value is -0.455. The summed E-state index contributed by atoms with van der Waals surface area (Å²) >= 11 is 0. The van der Waals surface area contributed by atoms with Crippen LogP contribution in [-0.2, 0) is 0 Å². The Kier molecular flexibility index (Phi) is 1.28. The van der Waals surface area contributed by atoms with Gasteiger partial charge in [-0.25, -0.2) is 7.98 Å². The zero-order chi connectivity index (χ0) is 6.04. The third-order valence-electron chi connectivity index (χ3n) is 1.24. The van der Waals surface area contributed by atoms with Gasteiger partial charge in [-0.3, -0.25) is 0 Å². The van der Waals surface area contributed by atoms with Crippen LogP contribution in [0, 0.1) is 0 Å². The molecular weight excluding hydrogens is 96.9 g/mol. The minimum atomic E-state index is 0.483. The van der Waals surface area contributed by atoms with Crippen LogP contribution in [-0.4, -0.2) is 26.0 Å². The van der Waals surface area contributed by atoms with E-state index >= 15 is 0 Å². The van der Waals surface area contributed by atoms with Gasteiger partial charge in [0.25, 0.3) is 0 Å². The Bertz CT molecular complexity index is 143. The van der Waals surface area contributed by atoms with Gasteiger partial charge in [0.15, 0.2) is 0 Å². The largest absolute Gasteiger partial charge is 0.557 e. The number of hydrogen-bond acceptors (Lipinski definition) is 0. The van der Waals surface area contributed by atoms with Gasteiger partial charge < -0.3 is 4.39 Å². The smallest absolute Gasteiger partial charge is 0.0876 e. The fourth-order valence-electron chi connectivity index (χ4n) is 0.714. The molecule has 1 aliphatic rings. The second kappa shape index (κ2) is 1.81. The lowest BCUT2D eigenvalue weighted by Gasteiger charge is -2.41. The number of hydrogen-bond donors (Lipinski definition) is 0. The highest BCUT2D eigenvalue weighted by Gasteiger charge is 1.98. The molecule has 0 aliphatic carbocycles. The van der Waals surface area contributed by atoms with E-state index in [1.807, 2.05) is 19.3 Å². The molecule has 1 heterocycles. The van der Waals surface area contributed by atoms with E-state index in [4.69, 9.17) is 7.98 Å². The van der Waals surface area contributed by atoms with Crippen LogP contribution < -0.4 is 0 Å². The van der Waals surface area contributed by atoms with Crippen LogP contribution in [0.15, 0.2) is 18.0 Å². The highest BCUT2D eigenvalue weighted by atomic mass is 15.2. The van der Waals surface area contributed by atoms with Crippen molar-refractivity contribution < 1.29 is 4.39 Å². The maximum atomic E-state index is 5.68. The van der Waals surface area contributed by atoms with Gasteiger partial charge >= 0.3 is 0 Å². The third kappa shape index (κ3) is 1.26. The minimum Gasteiger partial charge on any atom is -0.557 e. The topological polar surface area (TPSA) is 0 Å². The molecule has 41 valence electrons. The molecule has 0 fully saturated rings. The van der Waals surface area contributed by atoms with Crippen LogP contribution in [0.4, 0.5) is 0 Å². The van der Waals surface area contributed by atoms with E-state index in [1.165, 1.54) is 0 Å². The van der Waals surface area contributed by atoms with Crippen molar-refractivity contribution in [2.24, 2.45) is 0 Å². The predicted molar refractivity (Wildman–Crippen MR) is 34.1 cm³/mol. The zero-order valence-corrected chi connectivity index (χ0v) is 5.09. The van der Waals surface area contributed by atoms with Crippen LogP contribution >= 0.6 is 0 Å². The SMILES string of the molecule is [B-][N+]1(C)C=C=CCC1. The highest BCUT2D eigenvalue weighted by molar-refractivity contribution is 5.97. The van der Waals surface area contributed by atoms with E-state index in [-0.39, 0.29) is 0 Å². The van der Waals surface area contributed by atoms with Gasteiger partial charge in [-0.05, 0) is 6.08 Å². The number of nitrogens with zero attached hydrogens (tertiary/aromatic N) is 1. The Morgan fingerprint density at radius 2 is 2.50 bits per heavy atom. The summed E-state index contributed by atoms with van der Waals surface area (Å²) in [5.41, 5.74) is 2.97. The van der Waals surface area contributed by atoms with Crippen LogP contribution in [0.1, 0.15) is 6.42 Å². The van der Waals surface area contributed by atoms with Crippen molar-refractivity contribution in [3.8, 4) is 0 Å². The average Bonchev–Trinajstić information content (AvgIpc) is 1.65. The molecule has 0 aromatic heterocycles. The maximum Gasteiger partial charge on any atom is 0.0876 e. The lowest BCUT2D eigenvalue weighted by atomic mass is 10.2. The van der Waals surface area contributed by atoms with E-state index in [0.29, 0.717) is 4.39 Å². The molecule has 0 aromatic carbocycles. The summed E-state index contributed by atoms with van der Waals surface area (Å²) in [5.74, 6) is 0. The Balaban J connectivity index is 2.74.